The van der Waals surface area contributed by atoms with Crippen molar-refractivity contribution in [1.82, 2.24) is 14.9 Å². The average molecular weight is 261 g/mol. The lowest BCUT2D eigenvalue weighted by molar-refractivity contribution is 0.405. The number of aromatic amines is 1. The third kappa shape index (κ3) is 3.45. The number of nitrogens with zero attached hydrogens (tertiary/aromatic N) is 2. The molecule has 0 fully saturated rings. The normalized spacial score (nSPS) is 11.1. The molecule has 4 N–H and O–H groups in total. The summed E-state index contributed by atoms with van der Waals surface area (Å²) in [7, 11) is 4.06. The molecule has 0 aliphatic rings. The molecule has 102 valence electrons. The molecule has 19 heavy (non-hydrogen) atoms. The Bertz CT molecular complexity index is 620. The fourth-order valence-corrected chi connectivity index (χ4v) is 1.84. The summed E-state index contributed by atoms with van der Waals surface area (Å²) < 4.78 is 0. The zero-order valence-corrected chi connectivity index (χ0v) is 11.2. The highest BCUT2D eigenvalue weighted by molar-refractivity contribution is 5.81. The second-order valence-corrected chi connectivity index (χ2v) is 4.77. The third-order valence-electron chi connectivity index (χ3n) is 2.80. The van der Waals surface area contributed by atoms with E-state index in [0.29, 0.717) is 22.5 Å². The van der Waals surface area contributed by atoms with Crippen molar-refractivity contribution in [3.63, 3.8) is 0 Å². The van der Waals surface area contributed by atoms with Gasteiger partial charge in [-0.1, -0.05) is 0 Å². The molecule has 0 spiro atoms. The summed E-state index contributed by atoms with van der Waals surface area (Å²) in [4.78, 5) is 21.1. The van der Waals surface area contributed by atoms with Gasteiger partial charge in [-0.05, 0) is 45.3 Å². The molecule has 0 bridgehead atoms. The number of nitrogens with one attached hydrogen (secondary N) is 2. The van der Waals surface area contributed by atoms with Crippen molar-refractivity contribution < 1.29 is 0 Å². The predicted octanol–water partition coefficient (Wildman–Crippen LogP) is 0.869. The van der Waals surface area contributed by atoms with Crippen LogP contribution in [0.15, 0.2) is 23.0 Å². The monoisotopic (exact) mass is 261 g/mol. The number of rotatable bonds is 5. The van der Waals surface area contributed by atoms with Gasteiger partial charge in [-0.2, -0.15) is 0 Å². The SMILES string of the molecule is CN(C)CCCNc1nc2ccc(N)cc2c(=O)[nH]1. The van der Waals surface area contributed by atoms with Crippen LogP contribution in [0.4, 0.5) is 11.6 Å². The number of aromatic nitrogens is 2. The lowest BCUT2D eigenvalue weighted by Crippen LogP contribution is -2.18. The first-order valence-electron chi connectivity index (χ1n) is 6.24. The first-order chi connectivity index (χ1) is 9.06. The quantitative estimate of drug-likeness (QED) is 0.549. The highest BCUT2D eigenvalue weighted by atomic mass is 16.1. The van der Waals surface area contributed by atoms with E-state index in [1.54, 1.807) is 18.2 Å². The largest absolute Gasteiger partial charge is 0.399 e. The van der Waals surface area contributed by atoms with Crippen LogP contribution < -0.4 is 16.6 Å². The van der Waals surface area contributed by atoms with Gasteiger partial charge in [0.05, 0.1) is 10.9 Å². The Hall–Kier alpha value is -2.08. The van der Waals surface area contributed by atoms with E-state index >= 15 is 0 Å². The number of benzene rings is 1. The Morgan fingerprint density at radius 3 is 2.95 bits per heavy atom. The van der Waals surface area contributed by atoms with Crippen molar-refractivity contribution in [2.24, 2.45) is 0 Å². The molecule has 6 nitrogen and oxygen atoms in total. The molecular weight excluding hydrogens is 242 g/mol. The molecule has 0 unspecified atom stereocenters. The second kappa shape index (κ2) is 5.71. The molecule has 6 heteroatoms. The Morgan fingerprint density at radius 2 is 2.21 bits per heavy atom. The van der Waals surface area contributed by atoms with Gasteiger partial charge in [0.2, 0.25) is 5.95 Å². The maximum atomic E-state index is 11.9. The van der Waals surface area contributed by atoms with Crippen LogP contribution in [-0.4, -0.2) is 42.1 Å². The lowest BCUT2D eigenvalue weighted by atomic mass is 10.2. The Morgan fingerprint density at radius 1 is 1.42 bits per heavy atom. The highest BCUT2D eigenvalue weighted by Gasteiger charge is 2.03. The minimum atomic E-state index is -0.174. The number of nitrogen functional groups attached to an aromatic ring is 1. The van der Waals surface area contributed by atoms with E-state index < -0.39 is 0 Å². The molecule has 0 saturated heterocycles. The van der Waals surface area contributed by atoms with Crippen LogP contribution in [0.3, 0.4) is 0 Å². The third-order valence-corrected chi connectivity index (χ3v) is 2.80. The highest BCUT2D eigenvalue weighted by Crippen LogP contribution is 2.12. The van der Waals surface area contributed by atoms with Crippen molar-refractivity contribution in [1.29, 1.82) is 0 Å². The molecule has 0 atom stereocenters. The van der Waals surface area contributed by atoms with Crippen LogP contribution >= 0.6 is 0 Å². The molecule has 0 radical (unpaired) electrons. The Balaban J connectivity index is 2.13. The van der Waals surface area contributed by atoms with Gasteiger partial charge in [-0.25, -0.2) is 4.98 Å². The standard InChI is InChI=1S/C13H19N5O/c1-18(2)7-3-6-15-13-16-11-5-4-9(14)8-10(11)12(19)17-13/h4-5,8H,3,6-7,14H2,1-2H3,(H2,15,16,17,19). The number of hydrogen-bond donors (Lipinski definition) is 3. The van der Waals surface area contributed by atoms with E-state index in [0.717, 1.165) is 19.5 Å². The molecule has 2 rings (SSSR count). The average Bonchev–Trinajstić information content (AvgIpc) is 2.35. The maximum Gasteiger partial charge on any atom is 0.260 e. The molecule has 1 aromatic heterocycles. The van der Waals surface area contributed by atoms with Crippen molar-refractivity contribution >= 4 is 22.5 Å². The van der Waals surface area contributed by atoms with Gasteiger partial charge >= 0.3 is 0 Å². The van der Waals surface area contributed by atoms with E-state index in [1.165, 1.54) is 0 Å². The molecule has 0 amide bonds. The van der Waals surface area contributed by atoms with Crippen molar-refractivity contribution in [3.8, 4) is 0 Å². The van der Waals surface area contributed by atoms with Crippen molar-refractivity contribution in [2.45, 2.75) is 6.42 Å². The summed E-state index contributed by atoms with van der Waals surface area (Å²) >= 11 is 0. The van der Waals surface area contributed by atoms with Crippen LogP contribution in [0.25, 0.3) is 10.9 Å². The van der Waals surface area contributed by atoms with Crippen LogP contribution in [0.5, 0.6) is 0 Å². The molecule has 1 aromatic carbocycles. The van der Waals surface area contributed by atoms with Gasteiger partial charge in [0, 0.05) is 12.2 Å². The first-order valence-corrected chi connectivity index (χ1v) is 6.24. The molecule has 1 heterocycles. The van der Waals surface area contributed by atoms with Gasteiger partial charge in [0.1, 0.15) is 0 Å². The van der Waals surface area contributed by atoms with Crippen LogP contribution in [0, 0.1) is 0 Å². The first kappa shape index (κ1) is 13.4. The molecule has 2 aromatic rings. The van der Waals surface area contributed by atoms with Crippen LogP contribution in [0.2, 0.25) is 0 Å². The summed E-state index contributed by atoms with van der Waals surface area (Å²) in [5.41, 5.74) is 6.69. The summed E-state index contributed by atoms with van der Waals surface area (Å²) in [6.07, 6.45) is 0.983. The minimum absolute atomic E-state index is 0.174. The fraction of sp³-hybridized carbons (Fsp3) is 0.385. The van der Waals surface area contributed by atoms with Gasteiger partial charge in [-0.3, -0.25) is 9.78 Å². The number of fused-ring (bicyclic) bond motifs is 1. The van der Waals surface area contributed by atoms with E-state index in [9.17, 15) is 4.79 Å². The van der Waals surface area contributed by atoms with E-state index in [2.05, 4.69) is 20.2 Å². The number of hydrogen-bond acceptors (Lipinski definition) is 5. The van der Waals surface area contributed by atoms with E-state index in [-0.39, 0.29) is 5.56 Å². The fourth-order valence-electron chi connectivity index (χ4n) is 1.84. The van der Waals surface area contributed by atoms with Gasteiger partial charge in [0.15, 0.2) is 0 Å². The Labute approximate surface area is 111 Å². The molecule has 0 aliphatic heterocycles. The van der Waals surface area contributed by atoms with Crippen LogP contribution in [-0.2, 0) is 0 Å². The van der Waals surface area contributed by atoms with Gasteiger partial charge < -0.3 is 16.0 Å². The summed E-state index contributed by atoms with van der Waals surface area (Å²) in [6, 6.07) is 5.13. The smallest absolute Gasteiger partial charge is 0.260 e. The maximum absolute atomic E-state index is 11.9. The summed E-state index contributed by atoms with van der Waals surface area (Å²) in [5.74, 6) is 0.501. The second-order valence-electron chi connectivity index (χ2n) is 4.77. The molecular formula is C13H19N5O. The number of anilines is 2. The van der Waals surface area contributed by atoms with Gasteiger partial charge in [-0.15, -0.1) is 0 Å². The summed E-state index contributed by atoms with van der Waals surface area (Å²) in [5, 5.41) is 3.64. The van der Waals surface area contributed by atoms with Crippen molar-refractivity contribution in [2.75, 3.05) is 38.2 Å². The predicted molar refractivity (Wildman–Crippen MR) is 78.4 cm³/mol. The Kier molecular flexibility index (Phi) is 4.01. The van der Waals surface area contributed by atoms with E-state index in [4.69, 9.17) is 5.73 Å². The van der Waals surface area contributed by atoms with Crippen LogP contribution in [0.1, 0.15) is 6.42 Å². The van der Waals surface area contributed by atoms with Gasteiger partial charge in [0.25, 0.3) is 5.56 Å². The zero-order valence-electron chi connectivity index (χ0n) is 11.2. The zero-order chi connectivity index (χ0) is 13.8. The number of H-pyrrole nitrogens is 1. The summed E-state index contributed by atoms with van der Waals surface area (Å²) in [6.45, 7) is 1.75. The molecule has 0 saturated carbocycles. The topological polar surface area (TPSA) is 87.0 Å². The van der Waals surface area contributed by atoms with E-state index in [1.807, 2.05) is 14.1 Å². The molecule has 0 aliphatic carbocycles. The lowest BCUT2D eigenvalue weighted by Gasteiger charge is -2.10. The minimum Gasteiger partial charge on any atom is -0.399 e. The van der Waals surface area contributed by atoms with Crippen molar-refractivity contribution in [3.05, 3.63) is 28.6 Å². The number of nitrogens with two attached hydrogens (primary N) is 1.